The van der Waals surface area contributed by atoms with E-state index in [9.17, 15) is 9.18 Å². The molecule has 1 amide bonds. The molecule has 4 heteroatoms. The van der Waals surface area contributed by atoms with Crippen LogP contribution in [0.5, 0.6) is 5.75 Å². The highest BCUT2D eigenvalue weighted by Crippen LogP contribution is 2.24. The molecule has 0 saturated heterocycles. The molecule has 0 bridgehead atoms. The molecule has 2 rings (SSSR count). The van der Waals surface area contributed by atoms with Crippen LogP contribution in [0.2, 0.25) is 0 Å². The van der Waals surface area contributed by atoms with Crippen molar-refractivity contribution in [2.45, 2.75) is 32.7 Å². The van der Waals surface area contributed by atoms with Gasteiger partial charge in [0.1, 0.15) is 11.6 Å². The van der Waals surface area contributed by atoms with Gasteiger partial charge in [-0.05, 0) is 40.8 Å². The topological polar surface area (TPSA) is 38.3 Å². The van der Waals surface area contributed by atoms with Crippen molar-refractivity contribution in [2.24, 2.45) is 0 Å². The Kier molecular flexibility index (Phi) is 5.37. The molecule has 2 aromatic rings. The third kappa shape index (κ3) is 5.40. The molecule has 0 radical (unpaired) electrons. The summed E-state index contributed by atoms with van der Waals surface area (Å²) in [5, 5.41) is 2.74. The molecule has 0 saturated carbocycles. The van der Waals surface area contributed by atoms with Crippen molar-refractivity contribution >= 4 is 5.91 Å². The molecule has 0 fully saturated rings. The van der Waals surface area contributed by atoms with Gasteiger partial charge in [-0.15, -0.1) is 0 Å². The quantitative estimate of drug-likeness (QED) is 0.911. The highest BCUT2D eigenvalue weighted by atomic mass is 19.1. The number of benzene rings is 2. The Morgan fingerprint density at radius 3 is 2.22 bits per heavy atom. The number of rotatable bonds is 5. The number of nitrogens with one attached hydrogen (secondary N) is 1. The van der Waals surface area contributed by atoms with Gasteiger partial charge in [0, 0.05) is 6.54 Å². The van der Waals surface area contributed by atoms with E-state index in [1.807, 2.05) is 24.3 Å². The molecule has 0 aliphatic rings. The van der Waals surface area contributed by atoms with Crippen LogP contribution in [0, 0.1) is 5.82 Å². The highest BCUT2D eigenvalue weighted by Gasteiger charge is 2.13. The summed E-state index contributed by atoms with van der Waals surface area (Å²) in [6.45, 7) is 6.74. The van der Waals surface area contributed by atoms with Crippen LogP contribution < -0.4 is 10.1 Å². The summed E-state index contributed by atoms with van der Waals surface area (Å²) in [6.07, 6.45) is 0. The van der Waals surface area contributed by atoms with Gasteiger partial charge in [0.2, 0.25) is 0 Å². The Labute approximate surface area is 136 Å². The number of carbonyl (C=O) groups excluding carboxylic acids is 1. The lowest BCUT2D eigenvalue weighted by molar-refractivity contribution is -0.123. The van der Waals surface area contributed by atoms with Gasteiger partial charge in [-0.1, -0.05) is 45.0 Å². The van der Waals surface area contributed by atoms with E-state index in [-0.39, 0.29) is 23.7 Å². The number of hydrogen-bond donors (Lipinski definition) is 1. The molecule has 122 valence electrons. The van der Waals surface area contributed by atoms with Gasteiger partial charge in [-0.25, -0.2) is 4.39 Å². The van der Waals surface area contributed by atoms with Crippen LogP contribution in [-0.4, -0.2) is 12.5 Å². The molecule has 0 aliphatic heterocycles. The first-order valence-electron chi connectivity index (χ1n) is 7.59. The van der Waals surface area contributed by atoms with E-state index >= 15 is 0 Å². The number of amides is 1. The largest absolute Gasteiger partial charge is 0.484 e. The number of hydrogen-bond acceptors (Lipinski definition) is 2. The fourth-order valence-electron chi connectivity index (χ4n) is 2.05. The summed E-state index contributed by atoms with van der Waals surface area (Å²) in [4.78, 5) is 11.8. The van der Waals surface area contributed by atoms with Crippen molar-refractivity contribution in [3.8, 4) is 5.75 Å². The second-order valence-electron chi connectivity index (χ2n) is 6.47. The predicted octanol–water partition coefficient (Wildman–Crippen LogP) is 3.82. The van der Waals surface area contributed by atoms with E-state index in [2.05, 4.69) is 26.1 Å². The maximum Gasteiger partial charge on any atom is 0.258 e. The van der Waals surface area contributed by atoms with E-state index in [4.69, 9.17) is 4.74 Å². The Hall–Kier alpha value is -2.36. The Morgan fingerprint density at radius 1 is 1.04 bits per heavy atom. The number of halogens is 1. The molecule has 2 aromatic carbocycles. The summed E-state index contributed by atoms with van der Waals surface area (Å²) >= 11 is 0. The van der Waals surface area contributed by atoms with E-state index in [0.717, 1.165) is 5.56 Å². The molecule has 0 atom stereocenters. The van der Waals surface area contributed by atoms with Gasteiger partial charge in [-0.2, -0.15) is 0 Å². The van der Waals surface area contributed by atoms with Gasteiger partial charge >= 0.3 is 0 Å². The summed E-state index contributed by atoms with van der Waals surface area (Å²) < 4.78 is 18.3. The van der Waals surface area contributed by atoms with Crippen molar-refractivity contribution in [1.82, 2.24) is 5.32 Å². The first-order chi connectivity index (χ1) is 10.8. The van der Waals surface area contributed by atoms with Gasteiger partial charge in [0.15, 0.2) is 6.61 Å². The Morgan fingerprint density at radius 2 is 1.65 bits per heavy atom. The second kappa shape index (κ2) is 7.27. The molecule has 0 spiro atoms. The molecule has 3 nitrogen and oxygen atoms in total. The van der Waals surface area contributed by atoms with Crippen LogP contribution in [0.15, 0.2) is 48.5 Å². The van der Waals surface area contributed by atoms with Crippen molar-refractivity contribution in [3.05, 3.63) is 65.5 Å². The van der Waals surface area contributed by atoms with Gasteiger partial charge in [0.05, 0.1) is 0 Å². The molecule has 1 N–H and O–H groups in total. The fourth-order valence-corrected chi connectivity index (χ4v) is 2.05. The summed E-state index contributed by atoms with van der Waals surface area (Å²) in [6, 6.07) is 13.8. The molecular weight excluding hydrogens is 293 g/mol. The van der Waals surface area contributed by atoms with Crippen LogP contribution in [-0.2, 0) is 16.8 Å². The third-order valence-electron chi connectivity index (χ3n) is 3.49. The zero-order valence-electron chi connectivity index (χ0n) is 13.7. The fraction of sp³-hybridized carbons (Fsp3) is 0.316. The summed E-state index contributed by atoms with van der Waals surface area (Å²) in [5.74, 6) is 0.159. The molecule has 0 heterocycles. The summed E-state index contributed by atoms with van der Waals surface area (Å²) in [7, 11) is 0. The molecular formula is C19H22FNO2. The van der Waals surface area contributed by atoms with E-state index in [0.29, 0.717) is 12.3 Å². The third-order valence-corrected chi connectivity index (χ3v) is 3.49. The van der Waals surface area contributed by atoms with Crippen molar-refractivity contribution in [3.63, 3.8) is 0 Å². The van der Waals surface area contributed by atoms with Crippen molar-refractivity contribution in [1.29, 1.82) is 0 Å². The summed E-state index contributed by atoms with van der Waals surface area (Å²) in [5.41, 5.74) is 2.14. The van der Waals surface area contributed by atoms with Crippen molar-refractivity contribution in [2.75, 3.05) is 6.61 Å². The van der Waals surface area contributed by atoms with Gasteiger partial charge in [-0.3, -0.25) is 4.79 Å². The number of carbonyl (C=O) groups is 1. The monoisotopic (exact) mass is 315 g/mol. The predicted molar refractivity (Wildman–Crippen MR) is 88.9 cm³/mol. The number of ether oxygens (including phenoxy) is 1. The Bertz CT molecular complexity index is 643. The molecule has 0 unspecified atom stereocenters. The minimum Gasteiger partial charge on any atom is -0.484 e. The minimum atomic E-state index is -0.290. The second-order valence-corrected chi connectivity index (χ2v) is 6.47. The van der Waals surface area contributed by atoms with Gasteiger partial charge in [0.25, 0.3) is 5.91 Å². The van der Waals surface area contributed by atoms with E-state index < -0.39 is 0 Å². The lowest BCUT2D eigenvalue weighted by Crippen LogP contribution is -2.28. The maximum atomic E-state index is 12.8. The smallest absolute Gasteiger partial charge is 0.258 e. The van der Waals surface area contributed by atoms with Crippen LogP contribution in [0.3, 0.4) is 0 Å². The zero-order chi connectivity index (χ0) is 16.9. The van der Waals surface area contributed by atoms with E-state index in [1.54, 1.807) is 12.1 Å². The van der Waals surface area contributed by atoms with Gasteiger partial charge < -0.3 is 10.1 Å². The SMILES string of the molecule is CC(C)(C)c1ccc(OCC(=O)NCc2ccc(F)cc2)cc1. The lowest BCUT2D eigenvalue weighted by atomic mass is 9.87. The van der Waals surface area contributed by atoms with Crippen LogP contribution >= 0.6 is 0 Å². The molecule has 0 aliphatic carbocycles. The first-order valence-corrected chi connectivity index (χ1v) is 7.59. The maximum absolute atomic E-state index is 12.8. The highest BCUT2D eigenvalue weighted by molar-refractivity contribution is 5.77. The van der Waals surface area contributed by atoms with Crippen LogP contribution in [0.25, 0.3) is 0 Å². The standard InChI is InChI=1S/C19H22FNO2/c1-19(2,3)15-6-10-17(11-7-15)23-13-18(22)21-12-14-4-8-16(20)9-5-14/h4-11H,12-13H2,1-3H3,(H,21,22). The molecule has 0 aromatic heterocycles. The first kappa shape index (κ1) is 17.0. The average Bonchev–Trinajstić information content (AvgIpc) is 2.52. The zero-order valence-corrected chi connectivity index (χ0v) is 13.7. The van der Waals surface area contributed by atoms with Crippen molar-refractivity contribution < 1.29 is 13.9 Å². The lowest BCUT2D eigenvalue weighted by Gasteiger charge is -2.19. The molecule has 23 heavy (non-hydrogen) atoms. The normalized spacial score (nSPS) is 11.1. The average molecular weight is 315 g/mol. The van der Waals surface area contributed by atoms with E-state index in [1.165, 1.54) is 17.7 Å². The van der Waals surface area contributed by atoms with Crippen LogP contribution in [0.1, 0.15) is 31.9 Å². The Balaban J connectivity index is 1.79. The van der Waals surface area contributed by atoms with Crippen LogP contribution in [0.4, 0.5) is 4.39 Å². The minimum absolute atomic E-state index is 0.0456.